The average molecular weight is 846 g/mol. The third kappa shape index (κ3) is 10.4. The van der Waals surface area contributed by atoms with Gasteiger partial charge in [-0.05, 0) is 133 Å². The quantitative estimate of drug-likeness (QED) is 0.109. The molecule has 4 aliphatic heterocycles. The molecule has 0 spiro atoms. The second-order valence-corrected chi connectivity index (χ2v) is 21.8. The third-order valence-corrected chi connectivity index (χ3v) is 18.1. The van der Waals surface area contributed by atoms with Crippen molar-refractivity contribution in [1.29, 1.82) is 0 Å². The van der Waals surface area contributed by atoms with Gasteiger partial charge in [-0.15, -0.1) is 11.8 Å². The Hall–Kier alpha value is -0.910. The molecular weight excluding hydrogens is 767 g/mol. The topological polar surface area (TPSA) is 177 Å². The van der Waals surface area contributed by atoms with Gasteiger partial charge in [0.25, 0.3) is 0 Å². The summed E-state index contributed by atoms with van der Waals surface area (Å²) in [6.07, 6.45) is 14.7. The van der Waals surface area contributed by atoms with E-state index in [1.807, 2.05) is 0 Å². The molecule has 59 heavy (non-hydrogen) atoms. The highest BCUT2D eigenvalue weighted by Crippen LogP contribution is 2.44. The number of nitrogens with one attached hydrogen (secondary N) is 7. The number of hydrazine groups is 1. The van der Waals surface area contributed by atoms with E-state index >= 15 is 0 Å². The molecular formula is C45H79N7O6S. The Labute approximate surface area is 358 Å². The highest BCUT2D eigenvalue weighted by molar-refractivity contribution is 8.00. The van der Waals surface area contributed by atoms with Crippen LogP contribution in [0.5, 0.6) is 0 Å². The molecule has 4 heterocycles. The number of fused-ring (bicyclic) bond motifs is 3. The fourth-order valence-corrected chi connectivity index (χ4v) is 14.8. The van der Waals surface area contributed by atoms with E-state index in [0.29, 0.717) is 85.1 Å². The van der Waals surface area contributed by atoms with Gasteiger partial charge in [0.15, 0.2) is 0 Å². The molecule has 0 aromatic rings. The molecule has 17 atom stereocenters. The summed E-state index contributed by atoms with van der Waals surface area (Å²) in [6.45, 7) is 10.0. The minimum absolute atomic E-state index is 0.0228. The first kappa shape index (κ1) is 44.7. The van der Waals surface area contributed by atoms with E-state index in [-0.39, 0.29) is 48.0 Å². The van der Waals surface area contributed by atoms with Crippen molar-refractivity contribution in [3.05, 3.63) is 0 Å². The van der Waals surface area contributed by atoms with E-state index in [1.165, 1.54) is 38.5 Å². The Morgan fingerprint density at radius 2 is 1.66 bits per heavy atom. The first-order valence-electron chi connectivity index (χ1n) is 24.1. The molecule has 4 saturated heterocycles. The molecule has 0 radical (unpaired) electrons. The number of hydrogen-bond donors (Lipinski definition) is 9. The number of amides is 1. The van der Waals surface area contributed by atoms with Crippen molar-refractivity contribution in [2.45, 2.75) is 197 Å². The van der Waals surface area contributed by atoms with Crippen LogP contribution in [-0.4, -0.2) is 107 Å². The maximum absolute atomic E-state index is 14.3. The Kier molecular flexibility index (Phi) is 15.4. The number of carbonyl (C=O) groups excluding carboxylic acids is 2. The van der Waals surface area contributed by atoms with Crippen LogP contribution < -0.4 is 37.6 Å². The predicted molar refractivity (Wildman–Crippen MR) is 230 cm³/mol. The maximum atomic E-state index is 14.3. The molecule has 4 aliphatic carbocycles. The Balaban J connectivity index is 0.754. The molecule has 8 fully saturated rings. The first-order chi connectivity index (χ1) is 28.5. The van der Waals surface area contributed by atoms with Gasteiger partial charge in [0, 0.05) is 72.1 Å². The number of aliphatic hydroxyl groups excluding tert-OH is 2. The van der Waals surface area contributed by atoms with Crippen LogP contribution in [0.1, 0.15) is 130 Å². The van der Waals surface area contributed by atoms with Crippen molar-refractivity contribution < 1.29 is 29.4 Å². The minimum atomic E-state index is -0.651. The number of rotatable bonds is 15. The summed E-state index contributed by atoms with van der Waals surface area (Å²) in [5.41, 5.74) is 10.3. The van der Waals surface area contributed by atoms with Gasteiger partial charge in [-0.25, -0.2) is 5.43 Å². The van der Waals surface area contributed by atoms with Crippen LogP contribution in [0.4, 0.5) is 0 Å². The normalized spacial score (nSPS) is 44.9. The second kappa shape index (κ2) is 20.3. The lowest BCUT2D eigenvalue weighted by molar-refractivity contribution is -0.140. The van der Waals surface area contributed by atoms with Crippen LogP contribution in [-0.2, 0) is 19.2 Å². The van der Waals surface area contributed by atoms with Gasteiger partial charge in [0.05, 0.1) is 30.4 Å². The smallest absolute Gasteiger partial charge is 0.224 e. The molecule has 13 nitrogen and oxygen atoms in total. The van der Waals surface area contributed by atoms with Crippen LogP contribution in [0.3, 0.4) is 0 Å². The van der Waals surface area contributed by atoms with Crippen LogP contribution in [0.2, 0.25) is 0 Å². The van der Waals surface area contributed by atoms with E-state index in [4.69, 9.17) is 9.57 Å². The summed E-state index contributed by atoms with van der Waals surface area (Å²) in [5.74, 6) is 2.38. The summed E-state index contributed by atoms with van der Waals surface area (Å²) >= 11 is 2.06. The lowest BCUT2D eigenvalue weighted by Gasteiger charge is -2.43. The molecule has 4 saturated carbocycles. The Morgan fingerprint density at radius 3 is 2.42 bits per heavy atom. The number of thioether (sulfide) groups is 1. The number of ether oxygens (including phenoxy) is 1. The minimum Gasteiger partial charge on any atom is -0.393 e. The van der Waals surface area contributed by atoms with Gasteiger partial charge in [0.1, 0.15) is 12.0 Å². The van der Waals surface area contributed by atoms with Crippen molar-refractivity contribution in [1.82, 2.24) is 37.6 Å². The van der Waals surface area contributed by atoms with Crippen molar-refractivity contribution in [3.63, 3.8) is 0 Å². The fraction of sp³-hybridized carbons (Fsp3) is 0.956. The van der Waals surface area contributed by atoms with Crippen molar-refractivity contribution in [2.75, 3.05) is 19.0 Å². The van der Waals surface area contributed by atoms with E-state index in [0.717, 1.165) is 63.3 Å². The van der Waals surface area contributed by atoms with Crippen LogP contribution in [0.15, 0.2) is 0 Å². The molecule has 0 aromatic heterocycles. The van der Waals surface area contributed by atoms with Crippen LogP contribution in [0, 0.1) is 53.3 Å². The standard InChI is InChI=1S/C45H79N7O6S/c1-24(2)41(42(55)33-19-30(53)20-35(33)45(56)48-25(3)27-10-12-28(13-11-27)43-26(4)47-23-59-43)39-22-40(52-58-39)57-17-7-16-46-29-14-15-36-32(18-29)34-21-37(50-51-44(34)49-36)31-8-5-6-9-38(31)54/h24-41,43-44,46-47,49-54H,5-23H2,1-4H3,(H,48,56)/t25-,26?,27?,28?,29-,30-,31?,32?,33?,34?,35+,36?,37?,38?,39?,40?,41+,43?,44?/m0/s1. The summed E-state index contributed by atoms with van der Waals surface area (Å²) < 4.78 is 6.25. The zero-order valence-electron chi connectivity index (χ0n) is 36.4. The van der Waals surface area contributed by atoms with Crippen molar-refractivity contribution in [3.8, 4) is 0 Å². The molecule has 1 amide bonds. The number of hydroxylamine groups is 1. The number of hydrogen-bond acceptors (Lipinski definition) is 13. The average Bonchev–Trinajstić information content (AvgIpc) is 4.04. The molecule has 0 aromatic carbocycles. The van der Waals surface area contributed by atoms with Gasteiger partial charge in [-0.3, -0.25) is 25.2 Å². The van der Waals surface area contributed by atoms with Crippen molar-refractivity contribution >= 4 is 23.5 Å². The molecule has 14 heteroatoms. The number of carbonyl (C=O) groups is 2. The summed E-state index contributed by atoms with van der Waals surface area (Å²) in [5, 5.41) is 36.8. The highest BCUT2D eigenvalue weighted by Gasteiger charge is 2.51. The van der Waals surface area contributed by atoms with Gasteiger partial charge in [-0.1, -0.05) is 26.7 Å². The third-order valence-electron chi connectivity index (χ3n) is 16.6. The summed E-state index contributed by atoms with van der Waals surface area (Å²) in [4.78, 5) is 34.2. The molecule has 8 aliphatic rings. The zero-order chi connectivity index (χ0) is 41.2. The lowest BCUT2D eigenvalue weighted by Crippen LogP contribution is -2.62. The van der Waals surface area contributed by atoms with Gasteiger partial charge >= 0.3 is 0 Å². The number of aliphatic hydroxyl groups is 2. The van der Waals surface area contributed by atoms with Gasteiger partial charge < -0.3 is 30.9 Å². The Morgan fingerprint density at radius 1 is 0.864 bits per heavy atom. The van der Waals surface area contributed by atoms with E-state index < -0.39 is 17.9 Å². The SMILES string of the molecule is CC1NCSC1C1CCC([C@H](C)NC(=O)[C@@H]2C[C@@H](O)CC2C(=O)[C@H](C(C)C)C2CC(OCCCN[C@H]3CCC4NC5NNC(C6CCCCC6O)CC5C4C3)NO2)CC1. The van der Waals surface area contributed by atoms with E-state index in [1.54, 1.807) is 0 Å². The van der Waals surface area contributed by atoms with Gasteiger partial charge in [0.2, 0.25) is 5.91 Å². The zero-order valence-corrected chi connectivity index (χ0v) is 37.2. The molecule has 9 N–H and O–H groups in total. The van der Waals surface area contributed by atoms with Gasteiger partial charge in [-0.2, -0.15) is 5.48 Å². The molecule has 8 rings (SSSR count). The van der Waals surface area contributed by atoms with E-state index in [2.05, 4.69) is 77.1 Å². The maximum Gasteiger partial charge on any atom is 0.224 e. The van der Waals surface area contributed by atoms with E-state index in [9.17, 15) is 19.8 Å². The monoisotopic (exact) mass is 846 g/mol. The van der Waals surface area contributed by atoms with Crippen molar-refractivity contribution in [2.24, 2.45) is 53.3 Å². The molecule has 12 unspecified atom stereocenters. The number of ketones is 1. The fourth-order valence-electron chi connectivity index (χ4n) is 13.3. The molecule has 336 valence electrons. The number of Topliss-reactive ketones (excluding diaryl/α,β-unsaturated/α-hetero) is 1. The predicted octanol–water partition coefficient (Wildman–Crippen LogP) is 3.69. The summed E-state index contributed by atoms with van der Waals surface area (Å²) in [7, 11) is 0. The van der Waals surface area contributed by atoms with Crippen LogP contribution in [0.25, 0.3) is 0 Å². The highest BCUT2D eigenvalue weighted by atomic mass is 32.2. The second-order valence-electron chi connectivity index (χ2n) is 20.7. The molecule has 0 bridgehead atoms. The lowest BCUT2D eigenvalue weighted by atomic mass is 9.71. The van der Waals surface area contributed by atoms with Crippen LogP contribution >= 0.6 is 11.8 Å². The summed E-state index contributed by atoms with van der Waals surface area (Å²) in [6, 6.07) is 2.03. The first-order valence-corrected chi connectivity index (χ1v) is 25.2. The largest absolute Gasteiger partial charge is 0.393 e. The Bertz CT molecular complexity index is 1390.